The van der Waals surface area contributed by atoms with Crippen LogP contribution in [0, 0.1) is 0 Å². The minimum absolute atomic E-state index is 0.513. The number of halogens is 1. The zero-order valence-corrected chi connectivity index (χ0v) is 15.0. The monoisotopic (exact) mass is 361 g/mol. The fourth-order valence-corrected chi connectivity index (χ4v) is 4.08. The topological polar surface area (TPSA) is 51.8 Å². The molecule has 3 nitrogen and oxygen atoms in total. The SMILES string of the molecule is CSCCc1nc(-c2cccc(Cl)c2)c(-c2ccnc(N)c2)s1. The molecule has 0 saturated carbocycles. The molecule has 0 unspecified atom stereocenters. The van der Waals surface area contributed by atoms with Crippen molar-refractivity contribution in [3.8, 4) is 21.7 Å². The van der Waals surface area contributed by atoms with Crippen LogP contribution in [0.4, 0.5) is 5.82 Å². The van der Waals surface area contributed by atoms with Crippen molar-refractivity contribution >= 4 is 40.5 Å². The van der Waals surface area contributed by atoms with Crippen LogP contribution in [0.2, 0.25) is 5.02 Å². The van der Waals surface area contributed by atoms with Gasteiger partial charge in [-0.3, -0.25) is 0 Å². The summed E-state index contributed by atoms with van der Waals surface area (Å²) in [4.78, 5) is 10.0. The molecule has 6 heteroatoms. The number of thiazole rings is 1. The van der Waals surface area contributed by atoms with Crippen molar-refractivity contribution in [2.75, 3.05) is 17.7 Å². The highest BCUT2D eigenvalue weighted by molar-refractivity contribution is 7.98. The number of hydrogen-bond acceptors (Lipinski definition) is 5. The van der Waals surface area contributed by atoms with Crippen LogP contribution in [0.3, 0.4) is 0 Å². The van der Waals surface area contributed by atoms with Gasteiger partial charge in [-0.25, -0.2) is 9.97 Å². The molecule has 2 N–H and O–H groups in total. The van der Waals surface area contributed by atoms with Gasteiger partial charge in [-0.15, -0.1) is 11.3 Å². The lowest BCUT2D eigenvalue weighted by Crippen LogP contribution is -1.90. The van der Waals surface area contributed by atoms with E-state index in [1.807, 2.05) is 48.2 Å². The maximum Gasteiger partial charge on any atom is 0.123 e. The Morgan fingerprint density at radius 1 is 1.22 bits per heavy atom. The van der Waals surface area contributed by atoms with Crippen molar-refractivity contribution in [1.29, 1.82) is 0 Å². The van der Waals surface area contributed by atoms with Crippen LogP contribution in [-0.4, -0.2) is 22.0 Å². The lowest BCUT2D eigenvalue weighted by molar-refractivity contribution is 1.11. The Bertz CT molecular complexity index is 754. The molecule has 0 spiro atoms. The molecule has 1 aromatic carbocycles. The molecule has 118 valence electrons. The van der Waals surface area contributed by atoms with E-state index in [4.69, 9.17) is 22.3 Å². The first-order chi connectivity index (χ1) is 11.2. The number of aromatic nitrogens is 2. The largest absolute Gasteiger partial charge is 0.384 e. The maximum atomic E-state index is 6.15. The molecule has 0 fully saturated rings. The van der Waals surface area contributed by atoms with Crippen molar-refractivity contribution in [2.24, 2.45) is 0 Å². The molecule has 0 aliphatic rings. The van der Waals surface area contributed by atoms with Gasteiger partial charge in [0.15, 0.2) is 0 Å². The molecule has 3 aromatic rings. The van der Waals surface area contributed by atoms with Crippen LogP contribution in [0.25, 0.3) is 21.7 Å². The molecule has 0 saturated heterocycles. The van der Waals surface area contributed by atoms with Gasteiger partial charge in [-0.2, -0.15) is 11.8 Å². The van der Waals surface area contributed by atoms with Crippen LogP contribution in [-0.2, 0) is 6.42 Å². The van der Waals surface area contributed by atoms with E-state index in [0.29, 0.717) is 10.8 Å². The van der Waals surface area contributed by atoms with Gasteiger partial charge in [0.1, 0.15) is 5.82 Å². The van der Waals surface area contributed by atoms with Gasteiger partial charge in [-0.1, -0.05) is 23.7 Å². The maximum absolute atomic E-state index is 6.15. The second kappa shape index (κ2) is 7.34. The van der Waals surface area contributed by atoms with Gasteiger partial charge in [0.05, 0.1) is 15.6 Å². The third-order valence-corrected chi connectivity index (χ3v) is 5.34. The third kappa shape index (κ3) is 3.86. The molecule has 3 rings (SSSR count). The Balaban J connectivity index is 2.11. The van der Waals surface area contributed by atoms with E-state index in [2.05, 4.69) is 11.2 Å². The first-order valence-corrected chi connectivity index (χ1v) is 9.72. The number of rotatable bonds is 5. The summed E-state index contributed by atoms with van der Waals surface area (Å²) in [6, 6.07) is 11.7. The molecule has 0 radical (unpaired) electrons. The average Bonchev–Trinajstić information content (AvgIpc) is 2.97. The second-order valence-corrected chi connectivity index (χ2v) is 7.51. The summed E-state index contributed by atoms with van der Waals surface area (Å²) in [5.74, 6) is 1.57. The average molecular weight is 362 g/mol. The number of thioether (sulfide) groups is 1. The van der Waals surface area contributed by atoms with Crippen molar-refractivity contribution in [1.82, 2.24) is 9.97 Å². The second-order valence-electron chi connectivity index (χ2n) is 5.01. The number of nitrogen functional groups attached to an aromatic ring is 1. The number of hydrogen-bond donors (Lipinski definition) is 1. The third-order valence-electron chi connectivity index (χ3n) is 3.33. The highest BCUT2D eigenvalue weighted by atomic mass is 35.5. The highest BCUT2D eigenvalue weighted by Crippen LogP contribution is 2.38. The van der Waals surface area contributed by atoms with E-state index in [9.17, 15) is 0 Å². The number of anilines is 1. The zero-order valence-electron chi connectivity index (χ0n) is 12.6. The van der Waals surface area contributed by atoms with Crippen molar-refractivity contribution in [3.63, 3.8) is 0 Å². The molecule has 0 atom stereocenters. The molecular formula is C17H16ClN3S2. The molecular weight excluding hydrogens is 346 g/mol. The number of benzene rings is 1. The molecule has 23 heavy (non-hydrogen) atoms. The number of pyridine rings is 1. The van der Waals surface area contributed by atoms with Gasteiger partial charge < -0.3 is 5.73 Å². The van der Waals surface area contributed by atoms with Gasteiger partial charge in [0.25, 0.3) is 0 Å². The summed E-state index contributed by atoms with van der Waals surface area (Å²) in [7, 11) is 0. The highest BCUT2D eigenvalue weighted by Gasteiger charge is 2.15. The number of nitrogens with zero attached hydrogens (tertiary/aromatic N) is 2. The standard InChI is InChI=1S/C17H16ClN3S2/c1-22-8-6-15-21-16(11-3-2-4-13(18)9-11)17(23-15)12-5-7-20-14(19)10-12/h2-5,7,9-10H,6,8H2,1H3,(H2,19,20). The van der Waals surface area contributed by atoms with Gasteiger partial charge in [0.2, 0.25) is 0 Å². The Labute approximate surface area is 148 Å². The van der Waals surface area contributed by atoms with Crippen LogP contribution >= 0.6 is 34.7 Å². The summed E-state index contributed by atoms with van der Waals surface area (Å²) in [6.07, 6.45) is 4.80. The van der Waals surface area contributed by atoms with E-state index in [1.54, 1.807) is 17.5 Å². The lowest BCUT2D eigenvalue weighted by atomic mass is 10.1. The summed E-state index contributed by atoms with van der Waals surface area (Å²) < 4.78 is 0. The van der Waals surface area contributed by atoms with Crippen LogP contribution < -0.4 is 5.73 Å². The van der Waals surface area contributed by atoms with Crippen LogP contribution in [0.5, 0.6) is 0 Å². The lowest BCUT2D eigenvalue weighted by Gasteiger charge is -2.04. The summed E-state index contributed by atoms with van der Waals surface area (Å²) in [5.41, 5.74) is 8.87. The molecule has 0 bridgehead atoms. The normalized spacial score (nSPS) is 10.9. The van der Waals surface area contributed by atoms with Crippen LogP contribution in [0.15, 0.2) is 42.6 Å². The molecule has 0 aliphatic heterocycles. The Morgan fingerprint density at radius 3 is 2.83 bits per heavy atom. The molecule has 0 aliphatic carbocycles. The molecule has 2 aromatic heterocycles. The summed E-state index contributed by atoms with van der Waals surface area (Å²) in [6.45, 7) is 0. The fraction of sp³-hybridized carbons (Fsp3) is 0.176. The van der Waals surface area contributed by atoms with E-state index in [0.717, 1.165) is 38.9 Å². The van der Waals surface area contributed by atoms with E-state index in [-0.39, 0.29) is 0 Å². The van der Waals surface area contributed by atoms with Crippen molar-refractivity contribution in [3.05, 3.63) is 52.6 Å². The quantitative estimate of drug-likeness (QED) is 0.693. The van der Waals surface area contributed by atoms with Gasteiger partial charge in [-0.05, 0) is 41.8 Å². The summed E-state index contributed by atoms with van der Waals surface area (Å²) in [5, 5.41) is 1.83. The predicted molar refractivity (Wildman–Crippen MR) is 102 cm³/mol. The first-order valence-electron chi connectivity index (χ1n) is 7.14. The van der Waals surface area contributed by atoms with E-state index >= 15 is 0 Å². The molecule has 0 amide bonds. The Hall–Kier alpha value is -1.56. The smallest absolute Gasteiger partial charge is 0.123 e. The molecule has 2 heterocycles. The number of aryl methyl sites for hydroxylation is 1. The van der Waals surface area contributed by atoms with Crippen molar-refractivity contribution in [2.45, 2.75) is 6.42 Å². The fourth-order valence-electron chi connectivity index (χ4n) is 2.28. The Kier molecular flexibility index (Phi) is 5.20. The summed E-state index contributed by atoms with van der Waals surface area (Å²) >= 11 is 9.69. The minimum atomic E-state index is 0.513. The zero-order chi connectivity index (χ0) is 16.2. The van der Waals surface area contributed by atoms with Crippen molar-refractivity contribution < 1.29 is 0 Å². The van der Waals surface area contributed by atoms with E-state index in [1.165, 1.54) is 0 Å². The van der Waals surface area contributed by atoms with Gasteiger partial charge >= 0.3 is 0 Å². The minimum Gasteiger partial charge on any atom is -0.384 e. The Morgan fingerprint density at radius 2 is 2.09 bits per heavy atom. The first kappa shape index (κ1) is 16.3. The van der Waals surface area contributed by atoms with E-state index < -0.39 is 0 Å². The number of nitrogens with two attached hydrogens (primary N) is 1. The van der Waals surface area contributed by atoms with Gasteiger partial charge in [0, 0.05) is 23.2 Å². The predicted octanol–water partition coefficient (Wildman–Crippen LogP) is 5.01. The van der Waals surface area contributed by atoms with Crippen LogP contribution in [0.1, 0.15) is 5.01 Å².